The van der Waals surface area contributed by atoms with Gasteiger partial charge in [0, 0.05) is 22.3 Å². The van der Waals surface area contributed by atoms with Crippen LogP contribution in [0.4, 0.5) is 11.4 Å². The Hall–Kier alpha value is -1.63. The van der Waals surface area contributed by atoms with Crippen LogP contribution in [0.5, 0.6) is 0 Å². The summed E-state index contributed by atoms with van der Waals surface area (Å²) < 4.78 is 5.37. The Morgan fingerprint density at radius 3 is 2.78 bits per heavy atom. The zero-order valence-electron chi connectivity index (χ0n) is 9.97. The van der Waals surface area contributed by atoms with Gasteiger partial charge in [0.25, 0.3) is 5.69 Å². The molecule has 7 heteroatoms. The molecule has 0 aliphatic rings. The van der Waals surface area contributed by atoms with Crippen LogP contribution < -0.4 is 5.32 Å². The fourth-order valence-corrected chi connectivity index (χ4v) is 1.78. The Bertz CT molecular complexity index is 464. The summed E-state index contributed by atoms with van der Waals surface area (Å²) in [5.74, 6) is -0.372. The van der Waals surface area contributed by atoms with Gasteiger partial charge in [0.15, 0.2) is 0 Å². The van der Waals surface area contributed by atoms with Crippen molar-refractivity contribution in [3.63, 3.8) is 0 Å². The number of nitro benzene ring substituents is 1. The van der Waals surface area contributed by atoms with E-state index in [4.69, 9.17) is 4.74 Å². The van der Waals surface area contributed by atoms with Gasteiger partial charge in [-0.1, -0.05) is 0 Å². The third kappa shape index (κ3) is 3.69. The topological polar surface area (TPSA) is 81.5 Å². The molecule has 0 bridgehead atoms. The minimum atomic E-state index is -0.525. The zero-order valence-corrected chi connectivity index (χ0v) is 11.6. The molecule has 0 amide bonds. The minimum Gasteiger partial charge on any atom is -0.464 e. The summed E-state index contributed by atoms with van der Waals surface area (Å²) in [6.45, 7) is 3.70. The third-order valence-electron chi connectivity index (χ3n) is 2.18. The van der Waals surface area contributed by atoms with Gasteiger partial charge in [0.05, 0.1) is 11.5 Å². The first kappa shape index (κ1) is 14.4. The number of carbonyl (C=O) groups is 1. The number of non-ortho nitro benzene ring substituents is 1. The first-order valence-electron chi connectivity index (χ1n) is 5.32. The average Bonchev–Trinajstić information content (AvgIpc) is 2.31. The van der Waals surface area contributed by atoms with Gasteiger partial charge in [-0.2, -0.15) is 0 Å². The molecule has 1 N–H and O–H groups in total. The van der Waals surface area contributed by atoms with Crippen LogP contribution in [0.25, 0.3) is 0 Å². The lowest BCUT2D eigenvalue weighted by molar-refractivity contribution is -0.384. The number of halogens is 1. The van der Waals surface area contributed by atoms with Crippen LogP contribution in [0.2, 0.25) is 0 Å². The second kappa shape index (κ2) is 6.34. The molecular weight excluding hydrogens is 304 g/mol. The van der Waals surface area contributed by atoms with Crippen LogP contribution in [0.15, 0.2) is 22.7 Å². The van der Waals surface area contributed by atoms with Crippen molar-refractivity contribution in [3.05, 3.63) is 32.8 Å². The molecule has 0 aromatic heterocycles. The van der Waals surface area contributed by atoms with Crippen molar-refractivity contribution in [2.24, 2.45) is 0 Å². The highest BCUT2D eigenvalue weighted by molar-refractivity contribution is 9.10. The van der Waals surface area contributed by atoms with Gasteiger partial charge in [0.1, 0.15) is 6.04 Å². The van der Waals surface area contributed by atoms with E-state index in [9.17, 15) is 14.9 Å². The molecule has 0 aliphatic carbocycles. The second-order valence-electron chi connectivity index (χ2n) is 3.54. The number of rotatable bonds is 5. The lowest BCUT2D eigenvalue weighted by Crippen LogP contribution is -2.28. The van der Waals surface area contributed by atoms with Gasteiger partial charge in [0.2, 0.25) is 0 Å². The summed E-state index contributed by atoms with van der Waals surface area (Å²) in [5.41, 5.74) is 0.581. The van der Waals surface area contributed by atoms with Crippen molar-refractivity contribution in [1.82, 2.24) is 0 Å². The normalized spacial score (nSPS) is 11.7. The molecule has 0 fully saturated rings. The Morgan fingerprint density at radius 2 is 2.28 bits per heavy atom. The van der Waals surface area contributed by atoms with Crippen LogP contribution in [0, 0.1) is 10.1 Å². The summed E-state index contributed by atoms with van der Waals surface area (Å²) in [4.78, 5) is 21.5. The van der Waals surface area contributed by atoms with Crippen molar-refractivity contribution in [2.45, 2.75) is 19.9 Å². The predicted octanol–water partition coefficient (Wildman–Crippen LogP) is 2.72. The molecule has 1 rings (SSSR count). The summed E-state index contributed by atoms with van der Waals surface area (Å²) in [5, 5.41) is 13.5. The fraction of sp³-hybridized carbons (Fsp3) is 0.364. The molecule has 18 heavy (non-hydrogen) atoms. The molecule has 6 nitrogen and oxygen atoms in total. The van der Waals surface area contributed by atoms with E-state index >= 15 is 0 Å². The smallest absolute Gasteiger partial charge is 0.328 e. The maximum Gasteiger partial charge on any atom is 0.328 e. The Balaban J connectivity index is 2.79. The number of anilines is 1. The fourth-order valence-electron chi connectivity index (χ4n) is 1.29. The molecule has 1 aromatic carbocycles. The number of benzene rings is 1. The number of nitrogens with one attached hydrogen (secondary N) is 1. The molecule has 0 saturated heterocycles. The molecule has 1 atom stereocenters. The summed E-state index contributed by atoms with van der Waals surface area (Å²) in [7, 11) is 0. The van der Waals surface area contributed by atoms with Crippen molar-refractivity contribution in [1.29, 1.82) is 0 Å². The van der Waals surface area contributed by atoms with Crippen molar-refractivity contribution in [2.75, 3.05) is 11.9 Å². The van der Waals surface area contributed by atoms with Crippen LogP contribution in [-0.4, -0.2) is 23.5 Å². The molecule has 0 spiro atoms. The zero-order chi connectivity index (χ0) is 13.7. The predicted molar refractivity (Wildman–Crippen MR) is 70.5 cm³/mol. The maximum absolute atomic E-state index is 11.4. The number of hydrogen-bond donors (Lipinski definition) is 1. The van der Waals surface area contributed by atoms with Gasteiger partial charge in [-0.05, 0) is 35.8 Å². The molecule has 0 aliphatic heterocycles. The summed E-state index contributed by atoms with van der Waals surface area (Å²) in [6, 6.07) is 3.76. The van der Waals surface area contributed by atoms with E-state index in [1.165, 1.54) is 18.2 Å². The molecular formula is C11H13BrN2O4. The van der Waals surface area contributed by atoms with Crippen molar-refractivity contribution >= 4 is 33.3 Å². The van der Waals surface area contributed by atoms with E-state index in [0.29, 0.717) is 16.8 Å². The Morgan fingerprint density at radius 1 is 1.61 bits per heavy atom. The molecule has 0 heterocycles. The third-order valence-corrected chi connectivity index (χ3v) is 2.83. The average molecular weight is 317 g/mol. The summed E-state index contributed by atoms with van der Waals surface area (Å²) in [6.07, 6.45) is 0. The standard InChI is InChI=1S/C11H13BrN2O4/c1-3-18-11(15)7(2)13-10-5-4-8(14(16)17)6-9(10)12/h4-7,13H,3H2,1-2H3. The van der Waals surface area contributed by atoms with Gasteiger partial charge in [-0.25, -0.2) is 4.79 Å². The number of carbonyl (C=O) groups excluding carboxylic acids is 1. The number of nitro groups is 1. The largest absolute Gasteiger partial charge is 0.464 e. The van der Waals surface area contributed by atoms with Gasteiger partial charge in [-0.3, -0.25) is 10.1 Å². The Kier molecular flexibility index (Phi) is 5.08. The number of nitrogens with zero attached hydrogens (tertiary/aromatic N) is 1. The molecule has 0 saturated carbocycles. The molecule has 0 radical (unpaired) electrons. The highest BCUT2D eigenvalue weighted by atomic mass is 79.9. The SMILES string of the molecule is CCOC(=O)C(C)Nc1ccc([N+](=O)[O-])cc1Br. The molecule has 1 aromatic rings. The van der Waals surface area contributed by atoms with Crippen molar-refractivity contribution in [3.8, 4) is 0 Å². The van der Waals surface area contributed by atoms with E-state index in [-0.39, 0.29) is 11.7 Å². The van der Waals surface area contributed by atoms with E-state index in [1.807, 2.05) is 0 Å². The lowest BCUT2D eigenvalue weighted by Gasteiger charge is -2.14. The highest BCUT2D eigenvalue weighted by Gasteiger charge is 2.16. The highest BCUT2D eigenvalue weighted by Crippen LogP contribution is 2.27. The molecule has 1 unspecified atom stereocenters. The van der Waals surface area contributed by atoms with Crippen LogP contribution in [-0.2, 0) is 9.53 Å². The van der Waals surface area contributed by atoms with Gasteiger partial charge < -0.3 is 10.1 Å². The first-order valence-corrected chi connectivity index (χ1v) is 6.12. The number of esters is 1. The minimum absolute atomic E-state index is 0.0174. The van der Waals surface area contributed by atoms with Crippen LogP contribution in [0.3, 0.4) is 0 Å². The van der Waals surface area contributed by atoms with Crippen LogP contribution in [0.1, 0.15) is 13.8 Å². The van der Waals surface area contributed by atoms with Crippen molar-refractivity contribution < 1.29 is 14.5 Å². The first-order chi connectivity index (χ1) is 8.45. The van der Waals surface area contributed by atoms with E-state index < -0.39 is 11.0 Å². The van der Waals surface area contributed by atoms with E-state index in [2.05, 4.69) is 21.2 Å². The maximum atomic E-state index is 11.4. The Labute approximate surface area is 113 Å². The van der Waals surface area contributed by atoms with Gasteiger partial charge >= 0.3 is 5.97 Å². The van der Waals surface area contributed by atoms with E-state index in [0.717, 1.165) is 0 Å². The monoisotopic (exact) mass is 316 g/mol. The molecule has 98 valence electrons. The van der Waals surface area contributed by atoms with Crippen LogP contribution >= 0.6 is 15.9 Å². The number of hydrogen-bond acceptors (Lipinski definition) is 5. The second-order valence-corrected chi connectivity index (χ2v) is 4.39. The summed E-state index contributed by atoms with van der Waals surface area (Å²) >= 11 is 3.21. The number of ether oxygens (including phenoxy) is 1. The quantitative estimate of drug-likeness (QED) is 0.513. The van der Waals surface area contributed by atoms with E-state index in [1.54, 1.807) is 13.8 Å². The van der Waals surface area contributed by atoms with Gasteiger partial charge in [-0.15, -0.1) is 0 Å². The lowest BCUT2D eigenvalue weighted by atomic mass is 10.2.